The molecule has 0 unspecified atom stereocenters. The molecule has 92 valence electrons. The Balaban J connectivity index is 2.19. The number of aromatic nitrogens is 1. The van der Waals surface area contributed by atoms with E-state index in [0.29, 0.717) is 16.9 Å². The maximum atomic E-state index is 13.1. The van der Waals surface area contributed by atoms with Gasteiger partial charge in [0.1, 0.15) is 11.6 Å². The van der Waals surface area contributed by atoms with Crippen molar-refractivity contribution in [3.63, 3.8) is 0 Å². The van der Waals surface area contributed by atoms with E-state index in [0.717, 1.165) is 4.47 Å². The maximum Gasteiger partial charge on any atom is 0.256 e. The molecule has 0 saturated heterocycles. The quantitative estimate of drug-likeness (QED) is 0.922. The summed E-state index contributed by atoms with van der Waals surface area (Å²) in [6.07, 6.45) is 1.58. The lowest BCUT2D eigenvalue weighted by atomic mass is 10.1. The summed E-state index contributed by atoms with van der Waals surface area (Å²) in [6.45, 7) is 1.61. The van der Waals surface area contributed by atoms with Crippen LogP contribution in [-0.4, -0.2) is 10.9 Å². The lowest BCUT2D eigenvalue weighted by molar-refractivity contribution is 0.102. The van der Waals surface area contributed by atoms with Gasteiger partial charge in [-0.1, -0.05) is 15.9 Å². The second-order valence-electron chi connectivity index (χ2n) is 3.78. The van der Waals surface area contributed by atoms with Gasteiger partial charge in [-0.25, -0.2) is 9.37 Å². The minimum Gasteiger partial charge on any atom is -0.307 e. The molecule has 2 rings (SSSR count). The molecular weight excluding hydrogens is 299 g/mol. The van der Waals surface area contributed by atoms with E-state index in [1.165, 1.54) is 18.2 Å². The number of rotatable bonds is 2. The molecule has 1 N–H and O–H groups in total. The van der Waals surface area contributed by atoms with Crippen LogP contribution in [0, 0.1) is 12.7 Å². The van der Waals surface area contributed by atoms with Crippen LogP contribution < -0.4 is 5.32 Å². The zero-order valence-electron chi connectivity index (χ0n) is 9.58. The second-order valence-corrected chi connectivity index (χ2v) is 4.69. The summed E-state index contributed by atoms with van der Waals surface area (Å²) in [5.41, 5.74) is 0.834. The molecule has 1 heterocycles. The molecule has 0 aliphatic rings. The highest BCUT2D eigenvalue weighted by Crippen LogP contribution is 2.15. The first-order chi connectivity index (χ1) is 8.56. The first-order valence-electron chi connectivity index (χ1n) is 5.25. The van der Waals surface area contributed by atoms with Crippen LogP contribution in [0.5, 0.6) is 0 Å². The summed E-state index contributed by atoms with van der Waals surface area (Å²) in [7, 11) is 0. The molecule has 1 aromatic heterocycles. The van der Waals surface area contributed by atoms with Crippen molar-refractivity contribution in [1.82, 2.24) is 4.98 Å². The number of halogens is 2. The van der Waals surface area contributed by atoms with E-state index in [-0.39, 0.29) is 11.7 Å². The first kappa shape index (κ1) is 12.7. The summed E-state index contributed by atoms with van der Waals surface area (Å²) >= 11 is 3.29. The average molecular weight is 309 g/mol. The fourth-order valence-electron chi connectivity index (χ4n) is 1.45. The molecule has 1 amide bonds. The molecular formula is C13H10BrFN2O. The second kappa shape index (κ2) is 5.27. The van der Waals surface area contributed by atoms with Crippen molar-refractivity contribution in [2.75, 3.05) is 5.32 Å². The van der Waals surface area contributed by atoms with E-state index >= 15 is 0 Å². The van der Waals surface area contributed by atoms with Crippen LogP contribution in [0.25, 0.3) is 0 Å². The smallest absolute Gasteiger partial charge is 0.256 e. The van der Waals surface area contributed by atoms with Crippen LogP contribution in [-0.2, 0) is 0 Å². The Morgan fingerprint density at radius 2 is 2.11 bits per heavy atom. The van der Waals surface area contributed by atoms with Gasteiger partial charge in [-0.3, -0.25) is 4.79 Å². The van der Waals surface area contributed by atoms with Gasteiger partial charge in [0.25, 0.3) is 5.91 Å². The van der Waals surface area contributed by atoms with Gasteiger partial charge in [-0.2, -0.15) is 0 Å². The molecule has 0 saturated carbocycles. The predicted molar refractivity (Wildman–Crippen MR) is 71.0 cm³/mol. The number of nitrogens with zero attached hydrogens (tertiary/aromatic N) is 1. The molecule has 5 heteroatoms. The number of anilines is 1. The van der Waals surface area contributed by atoms with Crippen LogP contribution in [0.4, 0.5) is 10.2 Å². The van der Waals surface area contributed by atoms with Gasteiger partial charge in [-0.05, 0) is 42.8 Å². The third kappa shape index (κ3) is 2.92. The van der Waals surface area contributed by atoms with Gasteiger partial charge < -0.3 is 5.32 Å². The summed E-state index contributed by atoms with van der Waals surface area (Å²) in [6, 6.07) is 7.67. The Morgan fingerprint density at radius 1 is 1.33 bits per heavy atom. The molecule has 18 heavy (non-hydrogen) atoms. The first-order valence-corrected chi connectivity index (χ1v) is 6.04. The van der Waals surface area contributed by atoms with Crippen molar-refractivity contribution in [1.29, 1.82) is 0 Å². The number of carbonyl (C=O) groups is 1. The molecule has 1 aromatic carbocycles. The SMILES string of the molecule is Cc1cc(C(=O)Nc2cc(Br)ccn2)ccc1F. The number of nitrogens with one attached hydrogen (secondary N) is 1. The highest BCUT2D eigenvalue weighted by atomic mass is 79.9. The van der Waals surface area contributed by atoms with E-state index in [4.69, 9.17) is 0 Å². The molecule has 0 spiro atoms. The third-order valence-corrected chi connectivity index (χ3v) is 2.88. The van der Waals surface area contributed by atoms with E-state index in [2.05, 4.69) is 26.2 Å². The molecule has 0 aliphatic carbocycles. The molecule has 0 atom stereocenters. The minimum absolute atomic E-state index is 0.316. The number of benzene rings is 1. The summed E-state index contributed by atoms with van der Waals surface area (Å²) in [5.74, 6) is -0.202. The topological polar surface area (TPSA) is 42.0 Å². The van der Waals surface area contributed by atoms with Crippen molar-refractivity contribution < 1.29 is 9.18 Å². The number of aryl methyl sites for hydroxylation is 1. The van der Waals surface area contributed by atoms with Crippen molar-refractivity contribution >= 4 is 27.7 Å². The number of amides is 1. The van der Waals surface area contributed by atoms with Crippen molar-refractivity contribution in [2.45, 2.75) is 6.92 Å². The van der Waals surface area contributed by atoms with Crippen LogP contribution in [0.3, 0.4) is 0 Å². The maximum absolute atomic E-state index is 13.1. The van der Waals surface area contributed by atoms with E-state index in [9.17, 15) is 9.18 Å². The van der Waals surface area contributed by atoms with Crippen molar-refractivity contribution in [3.05, 3.63) is 57.9 Å². The van der Waals surface area contributed by atoms with Gasteiger partial charge in [0, 0.05) is 16.2 Å². The largest absolute Gasteiger partial charge is 0.307 e. The van der Waals surface area contributed by atoms with Gasteiger partial charge >= 0.3 is 0 Å². The third-order valence-electron chi connectivity index (χ3n) is 2.38. The van der Waals surface area contributed by atoms with Crippen LogP contribution in [0.2, 0.25) is 0 Å². The minimum atomic E-state index is -0.327. The van der Waals surface area contributed by atoms with Gasteiger partial charge in [0.2, 0.25) is 0 Å². The highest BCUT2D eigenvalue weighted by Gasteiger charge is 2.08. The number of pyridine rings is 1. The number of carbonyl (C=O) groups excluding carboxylic acids is 1. The van der Waals surface area contributed by atoms with Crippen molar-refractivity contribution in [2.24, 2.45) is 0 Å². The monoisotopic (exact) mass is 308 g/mol. The zero-order valence-corrected chi connectivity index (χ0v) is 11.2. The average Bonchev–Trinajstić information content (AvgIpc) is 2.32. The van der Waals surface area contributed by atoms with Crippen LogP contribution >= 0.6 is 15.9 Å². The normalized spacial score (nSPS) is 10.2. The van der Waals surface area contributed by atoms with Crippen molar-refractivity contribution in [3.8, 4) is 0 Å². The Kier molecular flexibility index (Phi) is 3.72. The molecule has 0 fully saturated rings. The predicted octanol–water partition coefficient (Wildman–Crippen LogP) is 3.54. The lowest BCUT2D eigenvalue weighted by Gasteiger charge is -2.05. The fourth-order valence-corrected chi connectivity index (χ4v) is 1.78. The Morgan fingerprint density at radius 3 is 2.78 bits per heavy atom. The van der Waals surface area contributed by atoms with E-state index < -0.39 is 0 Å². The molecule has 2 aromatic rings. The van der Waals surface area contributed by atoms with Gasteiger partial charge in [-0.15, -0.1) is 0 Å². The summed E-state index contributed by atoms with van der Waals surface area (Å²) < 4.78 is 13.9. The highest BCUT2D eigenvalue weighted by molar-refractivity contribution is 9.10. The standard InChI is InChI=1S/C13H10BrFN2O/c1-8-6-9(2-3-11(8)15)13(18)17-12-7-10(14)4-5-16-12/h2-7H,1H3,(H,16,17,18). The Bertz CT molecular complexity index is 601. The van der Waals surface area contributed by atoms with Crippen LogP contribution in [0.1, 0.15) is 15.9 Å². The van der Waals surface area contributed by atoms with E-state index in [1.807, 2.05) is 0 Å². The molecule has 0 aliphatic heterocycles. The molecule has 0 bridgehead atoms. The molecule has 3 nitrogen and oxygen atoms in total. The number of hydrogen-bond acceptors (Lipinski definition) is 2. The van der Waals surface area contributed by atoms with Gasteiger partial charge in [0.05, 0.1) is 0 Å². The Labute approximate surface area is 112 Å². The van der Waals surface area contributed by atoms with Crippen LogP contribution in [0.15, 0.2) is 41.0 Å². The van der Waals surface area contributed by atoms with E-state index in [1.54, 1.807) is 25.3 Å². The number of hydrogen-bond donors (Lipinski definition) is 1. The summed E-state index contributed by atoms with van der Waals surface area (Å²) in [5, 5.41) is 2.64. The zero-order chi connectivity index (χ0) is 13.1. The lowest BCUT2D eigenvalue weighted by Crippen LogP contribution is -2.13. The van der Waals surface area contributed by atoms with Gasteiger partial charge in [0.15, 0.2) is 0 Å². The Hall–Kier alpha value is -1.75. The molecule has 0 radical (unpaired) electrons. The fraction of sp³-hybridized carbons (Fsp3) is 0.0769. The summed E-state index contributed by atoms with van der Waals surface area (Å²) in [4.78, 5) is 15.9.